The van der Waals surface area contributed by atoms with E-state index in [1.807, 2.05) is 0 Å². The SMILES string of the molecule is CC(=O)[CH-]NC(=O)C1CNC(=O)N1C.[Rh+2]. The number of nitrogens with zero attached hydrogens (tertiary/aromatic N) is 1. The Morgan fingerprint density at radius 1 is 1.60 bits per heavy atom. The molecule has 7 heteroatoms. The van der Waals surface area contributed by atoms with Crippen LogP contribution in [0.25, 0.3) is 0 Å². The summed E-state index contributed by atoms with van der Waals surface area (Å²) >= 11 is 0. The van der Waals surface area contributed by atoms with E-state index < -0.39 is 6.04 Å². The first kappa shape index (κ1) is 13.9. The van der Waals surface area contributed by atoms with E-state index in [0.717, 1.165) is 6.54 Å². The number of amides is 3. The summed E-state index contributed by atoms with van der Waals surface area (Å²) in [5.41, 5.74) is 0. The smallest absolute Gasteiger partial charge is 0.482 e. The number of ketones is 1. The van der Waals surface area contributed by atoms with Gasteiger partial charge in [-0.05, 0) is 6.92 Å². The summed E-state index contributed by atoms with van der Waals surface area (Å²) in [4.78, 5) is 34.2. The maximum Gasteiger partial charge on any atom is 2.00 e. The monoisotopic (exact) mass is 301 g/mol. The Bertz CT molecular complexity index is 282. The van der Waals surface area contributed by atoms with Gasteiger partial charge >= 0.3 is 25.5 Å². The molecule has 6 nitrogen and oxygen atoms in total. The van der Waals surface area contributed by atoms with Gasteiger partial charge in [-0.3, -0.25) is 4.79 Å². The van der Waals surface area contributed by atoms with E-state index in [-0.39, 0.29) is 43.7 Å². The first-order valence-electron chi connectivity index (χ1n) is 4.17. The number of likely N-dealkylation sites (N-methyl/N-ethyl adjacent to an activating group) is 1. The molecule has 1 saturated heterocycles. The zero-order chi connectivity index (χ0) is 10.7. The maximum atomic E-state index is 11.4. The van der Waals surface area contributed by atoms with Crippen molar-refractivity contribution in [3.63, 3.8) is 0 Å². The fraction of sp³-hybridized carbons (Fsp3) is 0.500. The van der Waals surface area contributed by atoms with E-state index >= 15 is 0 Å². The molecular formula is C8H12N3O3Rh+. The molecule has 1 fully saturated rings. The van der Waals surface area contributed by atoms with Crippen molar-refractivity contribution in [3.05, 3.63) is 6.54 Å². The predicted molar refractivity (Wildman–Crippen MR) is 48.1 cm³/mol. The fourth-order valence-electron chi connectivity index (χ4n) is 1.12. The summed E-state index contributed by atoms with van der Waals surface area (Å²) in [6, 6.07) is -0.828. The first-order chi connectivity index (χ1) is 6.52. The summed E-state index contributed by atoms with van der Waals surface area (Å²) < 4.78 is 0. The number of carbonyl (C=O) groups excluding carboxylic acids is 3. The molecule has 1 heterocycles. The van der Waals surface area contributed by atoms with Gasteiger partial charge in [0.15, 0.2) is 0 Å². The predicted octanol–water partition coefficient (Wildman–Crippen LogP) is -1.13. The van der Waals surface area contributed by atoms with E-state index in [0.29, 0.717) is 0 Å². The van der Waals surface area contributed by atoms with Crippen molar-refractivity contribution in [2.75, 3.05) is 13.6 Å². The summed E-state index contributed by atoms with van der Waals surface area (Å²) in [6.45, 7) is 2.69. The standard InChI is InChI=1S/C8H12N3O3.Rh/c1-5(12)3-9-7(13)6-4-10-8(14)11(6)2;/h3,6H,4H2,1-2H3,(H,9,13)(H,10,14);/q-1;+2. The number of nitrogens with one attached hydrogen (secondary N) is 2. The van der Waals surface area contributed by atoms with Crippen LogP contribution in [0.3, 0.4) is 0 Å². The molecule has 15 heavy (non-hydrogen) atoms. The molecule has 1 aliphatic rings. The van der Waals surface area contributed by atoms with Crippen molar-refractivity contribution < 1.29 is 33.9 Å². The summed E-state index contributed by atoms with van der Waals surface area (Å²) in [5.74, 6) is -0.598. The van der Waals surface area contributed by atoms with Gasteiger partial charge in [0.25, 0.3) is 0 Å². The molecule has 2 N–H and O–H groups in total. The van der Waals surface area contributed by atoms with Crippen molar-refractivity contribution in [2.24, 2.45) is 0 Å². The number of hydrogen-bond donors (Lipinski definition) is 2. The first-order valence-corrected chi connectivity index (χ1v) is 4.17. The van der Waals surface area contributed by atoms with Crippen LogP contribution in [0.2, 0.25) is 0 Å². The Morgan fingerprint density at radius 2 is 2.20 bits per heavy atom. The van der Waals surface area contributed by atoms with Gasteiger partial charge in [-0.15, -0.1) is 0 Å². The van der Waals surface area contributed by atoms with Crippen LogP contribution in [0.15, 0.2) is 0 Å². The fourth-order valence-corrected chi connectivity index (χ4v) is 1.12. The van der Waals surface area contributed by atoms with Crippen LogP contribution in [0.1, 0.15) is 6.92 Å². The number of rotatable bonds is 3. The van der Waals surface area contributed by atoms with Crippen LogP contribution in [-0.2, 0) is 29.1 Å². The Hall–Kier alpha value is -1.10. The third kappa shape index (κ3) is 3.51. The molecule has 85 valence electrons. The van der Waals surface area contributed by atoms with Crippen molar-refractivity contribution in [1.82, 2.24) is 15.5 Å². The molecule has 0 spiro atoms. The largest absolute Gasteiger partial charge is 2.00 e. The molecule has 0 aromatic heterocycles. The number of carbonyl (C=O) groups is 3. The van der Waals surface area contributed by atoms with Crippen LogP contribution in [0, 0.1) is 6.54 Å². The third-order valence-corrected chi connectivity index (χ3v) is 1.95. The van der Waals surface area contributed by atoms with Crippen molar-refractivity contribution in [2.45, 2.75) is 13.0 Å². The zero-order valence-corrected chi connectivity index (χ0v) is 10.0. The maximum absolute atomic E-state index is 11.4. The van der Waals surface area contributed by atoms with E-state index in [2.05, 4.69) is 10.6 Å². The van der Waals surface area contributed by atoms with Gasteiger partial charge in [0, 0.05) is 19.4 Å². The van der Waals surface area contributed by atoms with Gasteiger partial charge in [-0.25, -0.2) is 11.3 Å². The molecule has 0 aliphatic carbocycles. The van der Waals surface area contributed by atoms with Crippen LogP contribution in [0.4, 0.5) is 4.79 Å². The second-order valence-corrected chi connectivity index (χ2v) is 3.08. The summed E-state index contributed by atoms with van der Waals surface area (Å²) in [7, 11) is 1.53. The molecule has 1 rings (SSSR count). The number of hydrogen-bond acceptors (Lipinski definition) is 3. The second-order valence-electron chi connectivity index (χ2n) is 3.08. The molecule has 1 unspecified atom stereocenters. The molecule has 1 atom stereocenters. The van der Waals surface area contributed by atoms with Gasteiger partial charge < -0.3 is 20.3 Å². The van der Waals surface area contributed by atoms with Gasteiger partial charge in [-0.1, -0.05) is 0 Å². The minimum absolute atomic E-state index is 0. The minimum Gasteiger partial charge on any atom is -0.482 e. The molecule has 0 bridgehead atoms. The van der Waals surface area contributed by atoms with E-state index in [1.54, 1.807) is 0 Å². The number of Topliss-reactive ketones (excluding diaryl/α,β-unsaturated/α-hetero) is 1. The summed E-state index contributed by atoms with van der Waals surface area (Å²) in [6.07, 6.45) is 0. The number of urea groups is 1. The van der Waals surface area contributed by atoms with Crippen LogP contribution in [0.5, 0.6) is 0 Å². The van der Waals surface area contributed by atoms with Crippen LogP contribution >= 0.6 is 0 Å². The van der Waals surface area contributed by atoms with Crippen molar-refractivity contribution >= 4 is 17.7 Å². The van der Waals surface area contributed by atoms with Crippen LogP contribution < -0.4 is 10.6 Å². The molecular weight excluding hydrogens is 289 g/mol. The van der Waals surface area contributed by atoms with Gasteiger partial charge in [-0.2, -0.15) is 0 Å². The Balaban J connectivity index is 0.00000196. The van der Waals surface area contributed by atoms with Crippen LogP contribution in [-0.4, -0.2) is 42.3 Å². The molecule has 3 amide bonds. The summed E-state index contributed by atoms with van der Waals surface area (Å²) in [5, 5.41) is 4.84. The molecule has 0 aromatic rings. The van der Waals surface area contributed by atoms with E-state index in [4.69, 9.17) is 0 Å². The van der Waals surface area contributed by atoms with E-state index in [1.165, 1.54) is 18.9 Å². The van der Waals surface area contributed by atoms with Gasteiger partial charge in [0.05, 0.1) is 0 Å². The molecule has 1 aliphatic heterocycles. The Kier molecular flexibility index (Phi) is 5.29. The molecule has 0 saturated carbocycles. The van der Waals surface area contributed by atoms with E-state index in [9.17, 15) is 14.4 Å². The quantitative estimate of drug-likeness (QED) is 0.512. The zero-order valence-electron chi connectivity index (χ0n) is 8.37. The molecule has 1 radical (unpaired) electrons. The second kappa shape index (κ2) is 5.70. The Labute approximate surface area is 101 Å². The average Bonchev–Trinajstić information content (AvgIpc) is 2.44. The van der Waals surface area contributed by atoms with Gasteiger partial charge in [0.1, 0.15) is 6.04 Å². The average molecular weight is 301 g/mol. The van der Waals surface area contributed by atoms with Crippen molar-refractivity contribution in [3.8, 4) is 0 Å². The third-order valence-electron chi connectivity index (χ3n) is 1.95. The molecule has 0 aromatic carbocycles. The topological polar surface area (TPSA) is 78.5 Å². The minimum atomic E-state index is -0.543. The van der Waals surface area contributed by atoms with Crippen molar-refractivity contribution in [1.29, 1.82) is 0 Å². The Morgan fingerprint density at radius 3 is 2.60 bits per heavy atom. The van der Waals surface area contributed by atoms with Gasteiger partial charge in [0.2, 0.25) is 5.91 Å². The normalized spacial score (nSPS) is 18.9.